The summed E-state index contributed by atoms with van der Waals surface area (Å²) >= 11 is 0. The third kappa shape index (κ3) is 4.87. The molecule has 0 radical (unpaired) electrons. The van der Waals surface area contributed by atoms with Gasteiger partial charge in [-0.1, -0.05) is 85.0 Å². The maximum atomic E-state index is 14.1. The molecular formula is C23H23AgNO2P. The number of anilines is 1. The SMILES string of the molecule is C[C-](CP(=O)(c1ccccc1)c1ccccc1)C(=O)N(C)c1ccccc1.[Ag+]. The van der Waals surface area contributed by atoms with Crippen LogP contribution in [0.15, 0.2) is 91.0 Å². The number of hydrogen-bond acceptors (Lipinski definition) is 2. The molecular weight excluding hydrogens is 461 g/mol. The van der Waals surface area contributed by atoms with Crippen molar-refractivity contribution in [3.63, 3.8) is 0 Å². The number of hydrogen-bond donors (Lipinski definition) is 0. The van der Waals surface area contributed by atoms with E-state index in [-0.39, 0.29) is 34.4 Å². The van der Waals surface area contributed by atoms with Crippen LogP contribution in [0, 0.1) is 5.92 Å². The molecule has 0 aromatic heterocycles. The van der Waals surface area contributed by atoms with Crippen LogP contribution in [-0.4, -0.2) is 19.1 Å². The van der Waals surface area contributed by atoms with E-state index in [2.05, 4.69) is 0 Å². The smallest absolute Gasteiger partial charge is 0.340 e. The van der Waals surface area contributed by atoms with E-state index >= 15 is 0 Å². The number of para-hydroxylation sites is 1. The average Bonchev–Trinajstić information content (AvgIpc) is 2.74. The summed E-state index contributed by atoms with van der Waals surface area (Å²) in [6.07, 6.45) is 0.219. The Labute approximate surface area is 182 Å². The first kappa shape index (κ1) is 22.3. The summed E-state index contributed by atoms with van der Waals surface area (Å²) in [6.45, 7) is 1.78. The van der Waals surface area contributed by atoms with Gasteiger partial charge in [-0.2, -0.15) is 6.92 Å². The van der Waals surface area contributed by atoms with Gasteiger partial charge in [0.15, 0.2) is 0 Å². The van der Waals surface area contributed by atoms with Crippen LogP contribution in [0.25, 0.3) is 0 Å². The standard InChI is InChI=1S/C23H23NO2P.Ag/c1-19(23(25)24(2)20-12-6-3-7-13-20)18-27(26,21-14-8-4-9-15-21)22-16-10-5-11-17-22;/h3-17H,18H2,1-2H3;/q-1;+1. The number of carbonyl (C=O) groups excluding carboxylic acids is 1. The Morgan fingerprint density at radius 1 is 0.821 bits per heavy atom. The number of benzene rings is 3. The summed E-state index contributed by atoms with van der Waals surface area (Å²) in [5, 5.41) is 1.54. The van der Waals surface area contributed by atoms with Crippen molar-refractivity contribution in [2.45, 2.75) is 6.92 Å². The van der Waals surface area contributed by atoms with Gasteiger partial charge in [-0.25, -0.2) is 0 Å². The average molecular weight is 484 g/mol. The molecule has 0 saturated heterocycles. The van der Waals surface area contributed by atoms with Crippen LogP contribution in [0.3, 0.4) is 0 Å². The van der Waals surface area contributed by atoms with E-state index in [0.717, 1.165) is 16.3 Å². The monoisotopic (exact) mass is 483 g/mol. The third-order valence-corrected chi connectivity index (χ3v) is 7.80. The topological polar surface area (TPSA) is 37.4 Å². The normalized spacial score (nSPS) is 10.6. The van der Waals surface area contributed by atoms with Gasteiger partial charge in [0.1, 0.15) is 7.14 Å². The fourth-order valence-corrected chi connectivity index (χ4v) is 5.90. The summed E-state index contributed by atoms with van der Waals surface area (Å²) < 4.78 is 14.1. The number of nitrogens with zero attached hydrogens (tertiary/aromatic N) is 1. The van der Waals surface area contributed by atoms with Gasteiger partial charge in [-0.05, 0) is 12.1 Å². The van der Waals surface area contributed by atoms with Crippen LogP contribution in [0.2, 0.25) is 0 Å². The second-order valence-corrected chi connectivity index (χ2v) is 9.38. The Morgan fingerprint density at radius 2 is 1.21 bits per heavy atom. The summed E-state index contributed by atoms with van der Waals surface area (Å²) in [4.78, 5) is 14.6. The van der Waals surface area contributed by atoms with Crippen molar-refractivity contribution in [2.75, 3.05) is 18.1 Å². The second-order valence-electron chi connectivity index (χ2n) is 6.55. The zero-order valence-electron chi connectivity index (χ0n) is 15.9. The Bertz CT molecular complexity index is 889. The minimum atomic E-state index is -2.95. The summed E-state index contributed by atoms with van der Waals surface area (Å²) in [6, 6.07) is 28.4. The zero-order valence-corrected chi connectivity index (χ0v) is 18.3. The molecule has 0 fully saturated rings. The van der Waals surface area contributed by atoms with Gasteiger partial charge >= 0.3 is 22.4 Å². The molecule has 0 bridgehead atoms. The Morgan fingerprint density at radius 3 is 1.64 bits per heavy atom. The van der Waals surface area contributed by atoms with Crippen LogP contribution in [-0.2, 0) is 31.7 Å². The van der Waals surface area contributed by atoms with E-state index in [9.17, 15) is 9.36 Å². The summed E-state index contributed by atoms with van der Waals surface area (Å²) in [5.74, 6) is 0.464. The van der Waals surface area contributed by atoms with E-state index < -0.39 is 7.14 Å². The van der Waals surface area contributed by atoms with Crippen molar-refractivity contribution in [3.8, 4) is 0 Å². The predicted octanol–water partition coefficient (Wildman–Crippen LogP) is 4.26. The summed E-state index contributed by atoms with van der Waals surface area (Å²) in [5.41, 5.74) is 0.816. The van der Waals surface area contributed by atoms with E-state index in [4.69, 9.17) is 0 Å². The Kier molecular flexibility index (Phi) is 7.91. The molecule has 1 amide bonds. The van der Waals surface area contributed by atoms with Crippen LogP contribution >= 0.6 is 7.14 Å². The quantitative estimate of drug-likeness (QED) is 0.298. The number of amides is 1. The van der Waals surface area contributed by atoms with Gasteiger partial charge in [-0.15, -0.1) is 0 Å². The fourth-order valence-electron chi connectivity index (χ4n) is 3.13. The molecule has 0 unspecified atom stereocenters. The first-order chi connectivity index (χ1) is 13.0. The zero-order chi connectivity index (χ0) is 19.3. The molecule has 28 heavy (non-hydrogen) atoms. The maximum Gasteiger partial charge on any atom is 1.00 e. The van der Waals surface area contributed by atoms with Crippen molar-refractivity contribution in [1.29, 1.82) is 0 Å². The molecule has 3 aromatic rings. The predicted molar refractivity (Wildman–Crippen MR) is 113 cm³/mol. The van der Waals surface area contributed by atoms with Crippen LogP contribution in [0.4, 0.5) is 5.69 Å². The van der Waals surface area contributed by atoms with Crippen molar-refractivity contribution in [2.24, 2.45) is 0 Å². The van der Waals surface area contributed by atoms with Crippen molar-refractivity contribution in [3.05, 3.63) is 96.9 Å². The van der Waals surface area contributed by atoms with Gasteiger partial charge < -0.3 is 14.3 Å². The van der Waals surface area contributed by atoms with E-state index in [0.29, 0.717) is 5.92 Å². The minimum absolute atomic E-state index is 0. The molecule has 0 N–H and O–H groups in total. The molecule has 0 saturated carbocycles. The van der Waals surface area contributed by atoms with Gasteiger partial charge in [0.05, 0.1) is 5.91 Å². The number of carbonyl (C=O) groups is 1. The van der Waals surface area contributed by atoms with E-state index in [1.807, 2.05) is 91.0 Å². The maximum absolute atomic E-state index is 14.1. The van der Waals surface area contributed by atoms with Gasteiger partial charge in [-0.3, -0.25) is 5.92 Å². The molecule has 148 valence electrons. The molecule has 0 aliphatic heterocycles. The summed E-state index contributed by atoms with van der Waals surface area (Å²) in [7, 11) is -1.20. The van der Waals surface area contributed by atoms with Gasteiger partial charge in [0.25, 0.3) is 0 Å². The third-order valence-electron chi connectivity index (χ3n) is 4.62. The van der Waals surface area contributed by atoms with Crippen molar-refractivity contribution in [1.82, 2.24) is 0 Å². The molecule has 3 nitrogen and oxygen atoms in total. The largest absolute Gasteiger partial charge is 1.00 e. The van der Waals surface area contributed by atoms with Gasteiger partial charge in [0.2, 0.25) is 0 Å². The molecule has 0 spiro atoms. The second kappa shape index (κ2) is 9.95. The fraction of sp³-hybridized carbons (Fsp3) is 0.130. The molecule has 0 aliphatic rings. The van der Waals surface area contributed by atoms with Gasteiger partial charge in [0, 0.05) is 23.3 Å². The van der Waals surface area contributed by atoms with Crippen molar-refractivity contribution >= 4 is 29.3 Å². The molecule has 0 atom stereocenters. The van der Waals surface area contributed by atoms with Crippen molar-refractivity contribution < 1.29 is 31.7 Å². The Balaban J connectivity index is 0.00000280. The molecule has 5 heteroatoms. The first-order valence-electron chi connectivity index (χ1n) is 8.88. The van der Waals surface area contributed by atoms with Crippen LogP contribution in [0.5, 0.6) is 0 Å². The molecule has 0 heterocycles. The minimum Gasteiger partial charge on any atom is -0.340 e. The molecule has 3 aromatic carbocycles. The van der Waals surface area contributed by atoms with E-state index in [1.165, 1.54) is 0 Å². The molecule has 3 rings (SSSR count). The Hall–Kier alpha value is -2.03. The molecule has 0 aliphatic carbocycles. The van der Waals surface area contributed by atoms with E-state index in [1.54, 1.807) is 18.9 Å². The number of rotatable bonds is 6. The van der Waals surface area contributed by atoms with Crippen LogP contribution in [0.1, 0.15) is 6.92 Å². The van der Waals surface area contributed by atoms with Crippen LogP contribution < -0.4 is 15.5 Å². The first-order valence-corrected chi connectivity index (χ1v) is 10.8.